The van der Waals surface area contributed by atoms with Gasteiger partial charge in [-0.05, 0) is 35.7 Å². The molecule has 0 atom stereocenters. The van der Waals surface area contributed by atoms with Gasteiger partial charge in [0.05, 0.1) is 13.2 Å². The van der Waals surface area contributed by atoms with Crippen LogP contribution in [0.15, 0.2) is 36.5 Å². The molecule has 0 spiro atoms. The van der Waals surface area contributed by atoms with Gasteiger partial charge in [0.25, 0.3) is 5.91 Å². The first-order valence-electron chi connectivity index (χ1n) is 10.8. The van der Waals surface area contributed by atoms with E-state index in [-0.39, 0.29) is 35.6 Å². The Labute approximate surface area is 194 Å². The third-order valence-electron chi connectivity index (χ3n) is 5.36. The van der Waals surface area contributed by atoms with Crippen molar-refractivity contribution in [3.63, 3.8) is 0 Å². The number of nitrogens with one attached hydrogen (secondary N) is 1. The average molecular weight is 469 g/mol. The lowest BCUT2D eigenvalue weighted by Crippen LogP contribution is -2.27. The zero-order valence-electron chi connectivity index (χ0n) is 18.5. The number of esters is 1. The van der Waals surface area contributed by atoms with Gasteiger partial charge in [0.15, 0.2) is 11.4 Å². The second-order valence-corrected chi connectivity index (χ2v) is 7.90. The van der Waals surface area contributed by atoms with Crippen LogP contribution in [0.1, 0.15) is 34.5 Å². The van der Waals surface area contributed by atoms with Crippen molar-refractivity contribution in [2.45, 2.75) is 25.4 Å². The van der Waals surface area contributed by atoms with Crippen LogP contribution in [0, 0.1) is 5.82 Å². The van der Waals surface area contributed by atoms with E-state index < -0.39 is 17.6 Å². The average Bonchev–Trinajstić information content (AvgIpc) is 2.83. The highest BCUT2D eigenvalue weighted by atomic mass is 19.1. The molecule has 4 rings (SSSR count). The molecule has 1 aliphatic heterocycles. The largest absolute Gasteiger partial charge is 0.504 e. The molecule has 2 aromatic heterocycles. The van der Waals surface area contributed by atoms with Crippen molar-refractivity contribution in [2.75, 3.05) is 32.2 Å². The predicted octanol–water partition coefficient (Wildman–Crippen LogP) is 2.99. The highest BCUT2D eigenvalue weighted by Gasteiger charge is 2.26. The Kier molecular flexibility index (Phi) is 7.29. The minimum Gasteiger partial charge on any atom is -0.504 e. The number of aromatic nitrogens is 2. The molecule has 0 unspecified atom stereocenters. The Morgan fingerprint density at radius 2 is 1.94 bits per heavy atom. The van der Waals surface area contributed by atoms with Crippen molar-refractivity contribution in [3.8, 4) is 5.75 Å². The molecule has 0 radical (unpaired) electrons. The number of rotatable bonds is 7. The van der Waals surface area contributed by atoms with Gasteiger partial charge in [-0.15, -0.1) is 0 Å². The maximum absolute atomic E-state index is 13.2. The van der Waals surface area contributed by atoms with E-state index in [2.05, 4.69) is 15.3 Å². The van der Waals surface area contributed by atoms with E-state index in [0.29, 0.717) is 37.9 Å². The number of amides is 1. The number of benzene rings is 1. The minimum absolute atomic E-state index is 0.0437. The Hall–Kier alpha value is -3.63. The summed E-state index contributed by atoms with van der Waals surface area (Å²) in [5, 5.41) is 13.7. The topological polar surface area (TPSA) is 120 Å². The van der Waals surface area contributed by atoms with Crippen molar-refractivity contribution >= 4 is 28.6 Å². The smallest absolute Gasteiger partial charge is 0.361 e. The Morgan fingerprint density at radius 1 is 1.21 bits per heavy atom. The third-order valence-corrected chi connectivity index (χ3v) is 5.36. The maximum atomic E-state index is 13.2. The van der Waals surface area contributed by atoms with Crippen LogP contribution in [0.3, 0.4) is 0 Å². The summed E-state index contributed by atoms with van der Waals surface area (Å²) in [4.78, 5) is 33.6. The standard InChI is InChI=1S/C24H24FN3O6/c1-32-13-19(29)27-23-18-11-15(10-14-2-4-16(25)5-3-14)12-26-20(18)22(30)21(28-23)24(31)34-17-6-8-33-9-7-17/h2-5,11-12,17,30H,6-10,13H2,1H3,(H,27,28,29). The first-order chi connectivity index (χ1) is 16.4. The fourth-order valence-corrected chi connectivity index (χ4v) is 3.69. The van der Waals surface area contributed by atoms with Gasteiger partial charge < -0.3 is 24.6 Å². The molecule has 1 amide bonds. The molecule has 178 valence electrons. The molecular weight excluding hydrogens is 445 g/mol. The molecule has 3 heterocycles. The van der Waals surface area contributed by atoms with Gasteiger partial charge in [-0.25, -0.2) is 14.2 Å². The van der Waals surface area contributed by atoms with Crippen molar-refractivity contribution < 1.29 is 33.3 Å². The number of anilines is 1. The molecule has 1 aromatic carbocycles. The van der Waals surface area contributed by atoms with Crippen molar-refractivity contribution in [3.05, 3.63) is 59.2 Å². The van der Waals surface area contributed by atoms with Crippen LogP contribution in [0.5, 0.6) is 5.75 Å². The fraction of sp³-hybridized carbons (Fsp3) is 0.333. The van der Waals surface area contributed by atoms with Gasteiger partial charge >= 0.3 is 5.97 Å². The summed E-state index contributed by atoms with van der Waals surface area (Å²) >= 11 is 0. The van der Waals surface area contributed by atoms with Crippen LogP contribution in [-0.4, -0.2) is 60.0 Å². The molecule has 1 fully saturated rings. The molecule has 1 aliphatic rings. The van der Waals surface area contributed by atoms with Crippen molar-refractivity contribution in [1.82, 2.24) is 9.97 Å². The molecule has 0 bridgehead atoms. The van der Waals surface area contributed by atoms with Crippen molar-refractivity contribution in [2.24, 2.45) is 0 Å². The van der Waals surface area contributed by atoms with Crippen LogP contribution in [0.2, 0.25) is 0 Å². The van der Waals surface area contributed by atoms with Crippen LogP contribution in [0.25, 0.3) is 10.9 Å². The number of fused-ring (bicyclic) bond motifs is 1. The molecule has 0 aliphatic carbocycles. The summed E-state index contributed by atoms with van der Waals surface area (Å²) in [5.74, 6) is -2.04. The van der Waals surface area contributed by atoms with Crippen molar-refractivity contribution in [1.29, 1.82) is 0 Å². The number of aromatic hydroxyl groups is 1. The predicted molar refractivity (Wildman–Crippen MR) is 120 cm³/mol. The van der Waals surface area contributed by atoms with Crippen LogP contribution in [-0.2, 0) is 25.4 Å². The van der Waals surface area contributed by atoms with Crippen LogP contribution in [0.4, 0.5) is 10.2 Å². The number of halogens is 1. The van der Waals surface area contributed by atoms with E-state index in [1.807, 2.05) is 0 Å². The summed E-state index contributed by atoms with van der Waals surface area (Å²) in [5.41, 5.74) is 1.33. The number of pyridine rings is 2. The van der Waals surface area contributed by atoms with Crippen LogP contribution >= 0.6 is 0 Å². The Morgan fingerprint density at radius 3 is 2.65 bits per heavy atom. The Bertz CT molecular complexity index is 1200. The Balaban J connectivity index is 1.70. The van der Waals surface area contributed by atoms with E-state index in [1.54, 1.807) is 24.4 Å². The maximum Gasteiger partial charge on any atom is 0.361 e. The molecule has 34 heavy (non-hydrogen) atoms. The number of hydrogen-bond donors (Lipinski definition) is 2. The number of nitrogens with zero attached hydrogens (tertiary/aromatic N) is 2. The van der Waals surface area contributed by atoms with E-state index >= 15 is 0 Å². The highest BCUT2D eigenvalue weighted by Crippen LogP contribution is 2.32. The summed E-state index contributed by atoms with van der Waals surface area (Å²) in [6, 6.07) is 7.75. The van der Waals surface area contributed by atoms with E-state index in [0.717, 1.165) is 11.1 Å². The van der Waals surface area contributed by atoms with E-state index in [1.165, 1.54) is 19.2 Å². The van der Waals surface area contributed by atoms with Gasteiger partial charge in [0, 0.05) is 31.5 Å². The molecule has 9 nitrogen and oxygen atoms in total. The molecular formula is C24H24FN3O6. The second kappa shape index (κ2) is 10.5. The second-order valence-electron chi connectivity index (χ2n) is 7.90. The van der Waals surface area contributed by atoms with Gasteiger partial charge in [0.1, 0.15) is 29.9 Å². The summed E-state index contributed by atoms with van der Waals surface area (Å²) in [6.45, 7) is 0.728. The zero-order valence-corrected chi connectivity index (χ0v) is 18.5. The quantitative estimate of drug-likeness (QED) is 0.507. The molecule has 2 N–H and O–H groups in total. The molecule has 0 saturated carbocycles. The highest BCUT2D eigenvalue weighted by molar-refractivity contribution is 6.05. The van der Waals surface area contributed by atoms with E-state index in [4.69, 9.17) is 14.2 Å². The fourth-order valence-electron chi connectivity index (χ4n) is 3.69. The molecule has 10 heteroatoms. The normalized spacial score (nSPS) is 14.2. The van der Waals surface area contributed by atoms with Gasteiger partial charge in [0.2, 0.25) is 0 Å². The lowest BCUT2D eigenvalue weighted by molar-refractivity contribution is -0.119. The first kappa shape index (κ1) is 23.5. The van der Waals surface area contributed by atoms with Gasteiger partial charge in [-0.2, -0.15) is 0 Å². The van der Waals surface area contributed by atoms with E-state index in [9.17, 15) is 19.1 Å². The number of carbonyl (C=O) groups excluding carboxylic acids is 2. The third kappa shape index (κ3) is 5.46. The molecule has 1 saturated heterocycles. The number of ether oxygens (including phenoxy) is 3. The minimum atomic E-state index is -0.814. The zero-order chi connectivity index (χ0) is 24.1. The lowest BCUT2D eigenvalue weighted by Gasteiger charge is -2.22. The summed E-state index contributed by atoms with van der Waals surface area (Å²) < 4.78 is 28.8. The first-order valence-corrected chi connectivity index (χ1v) is 10.8. The van der Waals surface area contributed by atoms with Gasteiger partial charge in [-0.3, -0.25) is 9.78 Å². The lowest BCUT2D eigenvalue weighted by atomic mass is 10.0. The van der Waals surface area contributed by atoms with Gasteiger partial charge in [-0.1, -0.05) is 12.1 Å². The number of methoxy groups -OCH3 is 1. The molecule has 3 aromatic rings. The SMILES string of the molecule is COCC(=O)Nc1nc(C(=O)OC2CCOCC2)c(O)c2ncc(Cc3ccc(F)cc3)cc12. The summed E-state index contributed by atoms with van der Waals surface area (Å²) in [6.07, 6.45) is 2.71. The summed E-state index contributed by atoms with van der Waals surface area (Å²) in [7, 11) is 1.38. The number of hydrogen-bond acceptors (Lipinski definition) is 8. The monoisotopic (exact) mass is 469 g/mol. The van der Waals surface area contributed by atoms with Crippen LogP contribution < -0.4 is 5.32 Å². The number of carbonyl (C=O) groups is 2.